The Morgan fingerprint density at radius 2 is 1.60 bits per heavy atom. The average Bonchev–Trinajstić information content (AvgIpc) is 2.59. The van der Waals surface area contributed by atoms with E-state index in [0.29, 0.717) is 12.1 Å². The van der Waals surface area contributed by atoms with Crippen molar-refractivity contribution >= 4 is 27.9 Å². The number of rotatable bonds is 6. The van der Waals surface area contributed by atoms with Crippen molar-refractivity contribution in [3.63, 3.8) is 0 Å². The van der Waals surface area contributed by atoms with Crippen LogP contribution in [0.4, 0.5) is 4.79 Å². The van der Waals surface area contributed by atoms with Gasteiger partial charge in [0.1, 0.15) is 6.61 Å². The van der Waals surface area contributed by atoms with E-state index >= 15 is 0 Å². The van der Waals surface area contributed by atoms with Crippen LogP contribution in [0.15, 0.2) is 53.0 Å². The van der Waals surface area contributed by atoms with Gasteiger partial charge in [-0.3, -0.25) is 0 Å². The van der Waals surface area contributed by atoms with Gasteiger partial charge < -0.3 is 15.4 Å². The lowest BCUT2D eigenvalue weighted by Crippen LogP contribution is -2.39. The lowest BCUT2D eigenvalue weighted by molar-refractivity contribution is 0.0472. The first-order chi connectivity index (χ1) is 11.9. The summed E-state index contributed by atoms with van der Waals surface area (Å²) < 4.78 is 6.28. The highest BCUT2D eigenvalue weighted by Crippen LogP contribution is 2.12. The molecule has 0 bridgehead atoms. The van der Waals surface area contributed by atoms with Gasteiger partial charge in [-0.25, -0.2) is 9.59 Å². The summed E-state index contributed by atoms with van der Waals surface area (Å²) in [6, 6.07) is 14.5. The number of benzene rings is 2. The van der Waals surface area contributed by atoms with E-state index in [4.69, 9.17) is 4.74 Å². The summed E-state index contributed by atoms with van der Waals surface area (Å²) in [7, 11) is 0. The number of halogens is 1. The van der Waals surface area contributed by atoms with Crippen LogP contribution in [0, 0.1) is 0 Å². The van der Waals surface area contributed by atoms with E-state index in [9.17, 15) is 9.59 Å². The number of esters is 1. The van der Waals surface area contributed by atoms with Gasteiger partial charge in [0, 0.05) is 17.1 Å². The fraction of sp³-hybridized carbons (Fsp3) is 0.263. The zero-order valence-corrected chi connectivity index (χ0v) is 15.8. The van der Waals surface area contributed by atoms with Crippen LogP contribution in [0.3, 0.4) is 0 Å². The van der Waals surface area contributed by atoms with E-state index in [1.165, 1.54) is 0 Å². The van der Waals surface area contributed by atoms with E-state index in [1.807, 2.05) is 38.1 Å². The molecule has 5 nitrogen and oxygen atoms in total. The third kappa shape index (κ3) is 6.58. The van der Waals surface area contributed by atoms with Gasteiger partial charge in [0.25, 0.3) is 0 Å². The van der Waals surface area contributed by atoms with Crippen LogP contribution >= 0.6 is 15.9 Å². The van der Waals surface area contributed by atoms with Crippen molar-refractivity contribution in [3.05, 3.63) is 69.7 Å². The normalized spacial score (nSPS) is 10.4. The van der Waals surface area contributed by atoms with Crippen LogP contribution in [0.1, 0.15) is 35.3 Å². The predicted octanol–water partition coefficient (Wildman–Crippen LogP) is 4.01. The summed E-state index contributed by atoms with van der Waals surface area (Å²) in [5.74, 6) is -0.375. The number of nitrogens with one attached hydrogen (secondary N) is 2. The van der Waals surface area contributed by atoms with Crippen LogP contribution < -0.4 is 10.6 Å². The summed E-state index contributed by atoms with van der Waals surface area (Å²) in [5.41, 5.74) is 2.31. The monoisotopic (exact) mass is 404 g/mol. The van der Waals surface area contributed by atoms with Crippen LogP contribution in [-0.4, -0.2) is 18.0 Å². The molecule has 6 heteroatoms. The standard InChI is InChI=1S/C19H21BrN2O3/c1-13(2)22-19(24)21-11-14-3-7-16(8-4-14)18(23)25-12-15-5-9-17(20)10-6-15/h3-10,13H,11-12H2,1-2H3,(H2,21,22,24). The third-order valence-electron chi connectivity index (χ3n) is 3.35. The van der Waals surface area contributed by atoms with Gasteiger partial charge in [-0.15, -0.1) is 0 Å². The lowest BCUT2D eigenvalue weighted by atomic mass is 10.1. The maximum atomic E-state index is 12.1. The van der Waals surface area contributed by atoms with Crippen molar-refractivity contribution in [1.82, 2.24) is 10.6 Å². The smallest absolute Gasteiger partial charge is 0.338 e. The Labute approximate surface area is 155 Å². The SMILES string of the molecule is CC(C)NC(=O)NCc1ccc(C(=O)OCc2ccc(Br)cc2)cc1. The molecule has 0 aromatic heterocycles. The number of ether oxygens (including phenoxy) is 1. The molecule has 0 aliphatic heterocycles. The molecule has 132 valence electrons. The minimum absolute atomic E-state index is 0.0860. The van der Waals surface area contributed by atoms with E-state index in [0.717, 1.165) is 15.6 Å². The minimum Gasteiger partial charge on any atom is -0.457 e. The highest BCUT2D eigenvalue weighted by atomic mass is 79.9. The van der Waals surface area contributed by atoms with Gasteiger partial charge in [-0.1, -0.05) is 40.2 Å². The maximum Gasteiger partial charge on any atom is 0.338 e. The van der Waals surface area contributed by atoms with Crippen molar-refractivity contribution in [2.24, 2.45) is 0 Å². The molecule has 2 N–H and O–H groups in total. The van der Waals surface area contributed by atoms with Crippen LogP contribution in [0.5, 0.6) is 0 Å². The summed E-state index contributed by atoms with van der Waals surface area (Å²) in [5, 5.41) is 5.51. The van der Waals surface area contributed by atoms with E-state index in [-0.39, 0.29) is 24.6 Å². The Bertz CT molecular complexity index is 712. The number of urea groups is 1. The van der Waals surface area contributed by atoms with E-state index in [1.54, 1.807) is 24.3 Å². The first-order valence-electron chi connectivity index (χ1n) is 7.99. The largest absolute Gasteiger partial charge is 0.457 e. The molecule has 2 aromatic carbocycles. The third-order valence-corrected chi connectivity index (χ3v) is 3.87. The molecule has 0 aliphatic rings. The number of amides is 2. The molecule has 2 aromatic rings. The quantitative estimate of drug-likeness (QED) is 0.714. The molecule has 0 unspecified atom stereocenters. The summed E-state index contributed by atoms with van der Waals surface area (Å²) in [6.45, 7) is 4.42. The molecule has 0 saturated carbocycles. The fourth-order valence-electron chi connectivity index (χ4n) is 2.07. The summed E-state index contributed by atoms with van der Waals surface area (Å²) in [4.78, 5) is 23.6. The molecule has 0 heterocycles. The second kappa shape index (κ2) is 9.22. The molecule has 2 amide bonds. The van der Waals surface area contributed by atoms with E-state index < -0.39 is 0 Å². The number of hydrogen-bond acceptors (Lipinski definition) is 3. The molecule has 2 rings (SSSR count). The summed E-state index contributed by atoms with van der Waals surface area (Å²) >= 11 is 3.36. The van der Waals surface area contributed by atoms with Crippen molar-refractivity contribution in [1.29, 1.82) is 0 Å². The van der Waals surface area contributed by atoms with Crippen molar-refractivity contribution < 1.29 is 14.3 Å². The Morgan fingerprint density at radius 3 is 2.20 bits per heavy atom. The lowest BCUT2D eigenvalue weighted by Gasteiger charge is -2.10. The van der Waals surface area contributed by atoms with Gasteiger partial charge in [0.05, 0.1) is 5.56 Å². The zero-order valence-electron chi connectivity index (χ0n) is 14.2. The maximum absolute atomic E-state index is 12.1. The molecule has 0 atom stereocenters. The van der Waals surface area contributed by atoms with Crippen LogP contribution in [0.2, 0.25) is 0 Å². The molecular weight excluding hydrogens is 384 g/mol. The van der Waals surface area contributed by atoms with Crippen molar-refractivity contribution in [3.8, 4) is 0 Å². The molecule has 0 fully saturated rings. The van der Waals surface area contributed by atoms with E-state index in [2.05, 4.69) is 26.6 Å². The molecule has 0 radical (unpaired) electrons. The van der Waals surface area contributed by atoms with Gasteiger partial charge in [0.15, 0.2) is 0 Å². The van der Waals surface area contributed by atoms with Crippen LogP contribution in [-0.2, 0) is 17.9 Å². The summed E-state index contributed by atoms with van der Waals surface area (Å²) in [6.07, 6.45) is 0. The Kier molecular flexibility index (Phi) is 7.01. The molecule has 0 aliphatic carbocycles. The minimum atomic E-state index is -0.375. The van der Waals surface area contributed by atoms with Gasteiger partial charge in [-0.05, 0) is 49.2 Å². The average molecular weight is 405 g/mol. The van der Waals surface area contributed by atoms with Crippen molar-refractivity contribution in [2.75, 3.05) is 0 Å². The van der Waals surface area contributed by atoms with Crippen LogP contribution in [0.25, 0.3) is 0 Å². The molecule has 0 saturated heterocycles. The highest BCUT2D eigenvalue weighted by Gasteiger charge is 2.08. The number of hydrogen-bond donors (Lipinski definition) is 2. The Morgan fingerprint density at radius 1 is 1.00 bits per heavy atom. The molecule has 25 heavy (non-hydrogen) atoms. The second-order valence-electron chi connectivity index (χ2n) is 5.88. The highest BCUT2D eigenvalue weighted by molar-refractivity contribution is 9.10. The topological polar surface area (TPSA) is 67.4 Å². The van der Waals surface area contributed by atoms with Crippen molar-refractivity contribution in [2.45, 2.75) is 33.0 Å². The number of carbonyl (C=O) groups is 2. The number of carbonyl (C=O) groups excluding carboxylic acids is 2. The molecular formula is C19H21BrN2O3. The Balaban J connectivity index is 1.83. The fourth-order valence-corrected chi connectivity index (χ4v) is 2.33. The molecule has 0 spiro atoms. The predicted molar refractivity (Wildman–Crippen MR) is 100 cm³/mol. The first-order valence-corrected chi connectivity index (χ1v) is 8.78. The second-order valence-corrected chi connectivity index (χ2v) is 6.80. The first kappa shape index (κ1) is 19.0. The van der Waals surface area contributed by atoms with Gasteiger partial charge >= 0.3 is 12.0 Å². The van der Waals surface area contributed by atoms with Gasteiger partial charge in [0.2, 0.25) is 0 Å². The zero-order chi connectivity index (χ0) is 18.2. The Hall–Kier alpha value is -2.34. The van der Waals surface area contributed by atoms with Gasteiger partial charge in [-0.2, -0.15) is 0 Å².